The number of nitrogens with zero attached hydrogens (tertiary/aromatic N) is 2. The number of hydrogen-bond acceptors (Lipinski definition) is 7. The molecular weight excluding hydrogens is 368 g/mol. The number of carbonyl (C=O) groups excluding carboxylic acids is 2. The molecule has 2 heterocycles. The van der Waals surface area contributed by atoms with Crippen molar-refractivity contribution in [2.75, 3.05) is 13.7 Å². The molecule has 0 radical (unpaired) electrons. The number of carbonyl (C=O) groups is 2. The van der Waals surface area contributed by atoms with Gasteiger partial charge in [-0.25, -0.2) is 14.6 Å². The number of thiazole rings is 1. The molecule has 1 aromatic carbocycles. The lowest BCUT2D eigenvalue weighted by Crippen LogP contribution is -2.41. The summed E-state index contributed by atoms with van der Waals surface area (Å²) in [6, 6.07) is 9.52. The van der Waals surface area contributed by atoms with Gasteiger partial charge in [0.15, 0.2) is 17.1 Å². The minimum atomic E-state index is -0.668. The Morgan fingerprint density at radius 3 is 2.70 bits per heavy atom. The minimum absolute atomic E-state index is 0.0834. The molecule has 0 saturated carbocycles. The van der Waals surface area contributed by atoms with Gasteiger partial charge in [-0.1, -0.05) is 18.2 Å². The molecule has 27 heavy (non-hydrogen) atoms. The molecular formula is C19H16N2O5S. The standard InChI is InChI=1S/C19H16N2O5S/c1-3-26-19(24)16(18-20-17(23)14(27-18)10-15(22)25-2)21-9-8-12-6-4-5-7-13(12)11-21/h4-11H,3H2,1-2H3. The van der Waals surface area contributed by atoms with Crippen molar-refractivity contribution in [1.82, 2.24) is 4.98 Å². The normalized spacial score (nSPS) is 12.7. The Balaban J connectivity index is 2.26. The van der Waals surface area contributed by atoms with E-state index in [1.807, 2.05) is 30.3 Å². The molecule has 0 aliphatic heterocycles. The fraction of sp³-hybridized carbons (Fsp3) is 0.158. The highest BCUT2D eigenvalue weighted by atomic mass is 32.1. The number of ether oxygens (including phenoxy) is 2. The highest BCUT2D eigenvalue weighted by Crippen LogP contribution is 2.11. The Labute approximate surface area is 158 Å². The van der Waals surface area contributed by atoms with Gasteiger partial charge >= 0.3 is 17.6 Å². The number of benzene rings is 1. The number of methoxy groups -OCH3 is 1. The largest absolute Gasteiger partial charge is 0.858 e. The molecule has 0 fully saturated rings. The molecule has 0 bridgehead atoms. The second kappa shape index (κ2) is 7.96. The molecule has 3 aromatic rings. The van der Waals surface area contributed by atoms with Crippen LogP contribution in [0.3, 0.4) is 0 Å². The maximum atomic E-state index is 12.6. The van der Waals surface area contributed by atoms with Gasteiger partial charge in [-0.3, -0.25) is 0 Å². The van der Waals surface area contributed by atoms with Gasteiger partial charge in [0.2, 0.25) is 0 Å². The van der Waals surface area contributed by atoms with Crippen molar-refractivity contribution in [3.05, 3.63) is 51.9 Å². The second-order valence-electron chi connectivity index (χ2n) is 5.41. The van der Waals surface area contributed by atoms with Crippen LogP contribution in [0.15, 0.2) is 42.7 Å². The fourth-order valence-corrected chi connectivity index (χ4v) is 3.36. The lowest BCUT2D eigenvalue weighted by molar-refractivity contribution is -0.577. The van der Waals surface area contributed by atoms with Gasteiger partial charge in [0.1, 0.15) is 0 Å². The molecule has 138 valence electrons. The number of rotatable bonds is 4. The summed E-state index contributed by atoms with van der Waals surface area (Å²) >= 11 is 0.927. The summed E-state index contributed by atoms with van der Waals surface area (Å²) in [7, 11) is 1.21. The zero-order valence-electron chi connectivity index (χ0n) is 14.7. The minimum Gasteiger partial charge on any atom is -0.858 e. The Morgan fingerprint density at radius 2 is 2.00 bits per heavy atom. The number of esters is 2. The molecule has 0 aliphatic carbocycles. The van der Waals surface area contributed by atoms with Crippen molar-refractivity contribution in [2.45, 2.75) is 6.92 Å². The van der Waals surface area contributed by atoms with Crippen LogP contribution in [0.4, 0.5) is 0 Å². The van der Waals surface area contributed by atoms with E-state index in [2.05, 4.69) is 9.72 Å². The van der Waals surface area contributed by atoms with E-state index in [1.54, 1.807) is 23.9 Å². The van der Waals surface area contributed by atoms with Gasteiger partial charge in [0, 0.05) is 27.9 Å². The van der Waals surface area contributed by atoms with Gasteiger partial charge in [0.05, 0.1) is 13.7 Å². The molecule has 0 N–H and O–H groups in total. The molecule has 0 unspecified atom stereocenters. The van der Waals surface area contributed by atoms with Gasteiger partial charge in [-0.05, 0) is 18.4 Å². The summed E-state index contributed by atoms with van der Waals surface area (Å²) in [6.45, 7) is 1.87. The fourth-order valence-electron chi connectivity index (χ4n) is 2.45. The van der Waals surface area contributed by atoms with Crippen LogP contribution in [-0.4, -0.2) is 30.6 Å². The molecule has 3 rings (SSSR count). The van der Waals surface area contributed by atoms with Crippen LogP contribution in [-0.2, 0) is 19.1 Å². The van der Waals surface area contributed by atoms with E-state index in [9.17, 15) is 14.7 Å². The molecule has 0 atom stereocenters. The summed E-state index contributed by atoms with van der Waals surface area (Å²) in [6.07, 6.45) is 4.51. The van der Waals surface area contributed by atoms with Crippen LogP contribution in [0, 0.1) is 0 Å². The highest BCUT2D eigenvalue weighted by molar-refractivity contribution is 7.08. The van der Waals surface area contributed by atoms with E-state index in [4.69, 9.17) is 4.74 Å². The summed E-state index contributed by atoms with van der Waals surface area (Å²) in [5.41, 5.74) is 0.106. The Hall–Kier alpha value is -3.26. The van der Waals surface area contributed by atoms with Crippen LogP contribution in [0.2, 0.25) is 0 Å². The molecule has 2 aromatic heterocycles. The Bertz CT molecular complexity index is 1140. The molecule has 7 nitrogen and oxygen atoms in total. The average Bonchev–Trinajstić information content (AvgIpc) is 3.01. The maximum Gasteiger partial charge on any atom is 0.407 e. The summed E-state index contributed by atoms with van der Waals surface area (Å²) in [5.74, 6) is -1.89. The first-order valence-electron chi connectivity index (χ1n) is 8.09. The zero-order chi connectivity index (χ0) is 19.4. The van der Waals surface area contributed by atoms with Crippen molar-refractivity contribution in [3.63, 3.8) is 0 Å². The molecule has 0 spiro atoms. The number of aromatic nitrogens is 2. The monoisotopic (exact) mass is 384 g/mol. The van der Waals surface area contributed by atoms with Crippen LogP contribution < -0.4 is 18.9 Å². The average molecular weight is 384 g/mol. The van der Waals surface area contributed by atoms with Gasteiger partial charge in [0.25, 0.3) is 0 Å². The van der Waals surface area contributed by atoms with Crippen LogP contribution in [0.25, 0.3) is 22.5 Å². The van der Waals surface area contributed by atoms with E-state index in [0.29, 0.717) is 0 Å². The van der Waals surface area contributed by atoms with Crippen LogP contribution in [0.5, 0.6) is 5.88 Å². The first kappa shape index (κ1) is 18.5. The van der Waals surface area contributed by atoms with Crippen LogP contribution in [0.1, 0.15) is 6.92 Å². The topological polar surface area (TPSA) is 92.4 Å². The van der Waals surface area contributed by atoms with Crippen molar-refractivity contribution < 1.29 is 28.7 Å². The van der Waals surface area contributed by atoms with Crippen molar-refractivity contribution >= 4 is 45.8 Å². The third kappa shape index (κ3) is 3.95. The smallest absolute Gasteiger partial charge is 0.407 e. The highest BCUT2D eigenvalue weighted by Gasteiger charge is 2.25. The zero-order valence-corrected chi connectivity index (χ0v) is 15.5. The molecule has 8 heteroatoms. The van der Waals surface area contributed by atoms with Gasteiger partial charge in [-0.15, -0.1) is 11.3 Å². The Morgan fingerprint density at radius 1 is 1.26 bits per heavy atom. The SMILES string of the molecule is CCOC(=O)/C(=c1/nc([O-])c(=CC(=O)OC)s1)[n+]1ccc2ccccc2c1. The summed E-state index contributed by atoms with van der Waals surface area (Å²) in [4.78, 5) is 27.9. The van der Waals surface area contributed by atoms with Gasteiger partial charge < -0.3 is 14.6 Å². The molecule has 0 amide bonds. The van der Waals surface area contributed by atoms with Crippen molar-refractivity contribution in [2.24, 2.45) is 0 Å². The first-order valence-corrected chi connectivity index (χ1v) is 8.90. The van der Waals surface area contributed by atoms with Crippen molar-refractivity contribution in [1.29, 1.82) is 0 Å². The predicted octanol–water partition coefficient (Wildman–Crippen LogP) is -0.169. The van der Waals surface area contributed by atoms with E-state index in [-0.39, 0.29) is 21.5 Å². The lowest BCUT2D eigenvalue weighted by atomic mass is 10.2. The second-order valence-corrected chi connectivity index (χ2v) is 6.44. The molecule has 0 aliphatic rings. The number of pyridine rings is 1. The summed E-state index contributed by atoms with van der Waals surface area (Å²) in [5, 5.41) is 14.0. The third-order valence-corrected chi connectivity index (χ3v) is 4.68. The van der Waals surface area contributed by atoms with E-state index >= 15 is 0 Å². The number of hydrogen-bond donors (Lipinski definition) is 0. The van der Waals surface area contributed by atoms with E-state index in [0.717, 1.165) is 28.2 Å². The van der Waals surface area contributed by atoms with E-state index < -0.39 is 17.8 Å². The van der Waals surface area contributed by atoms with Crippen molar-refractivity contribution in [3.8, 4) is 5.88 Å². The van der Waals surface area contributed by atoms with Crippen LogP contribution >= 0.6 is 11.3 Å². The maximum absolute atomic E-state index is 12.6. The summed E-state index contributed by atoms with van der Waals surface area (Å²) < 4.78 is 11.5. The predicted molar refractivity (Wildman–Crippen MR) is 96.9 cm³/mol. The third-order valence-electron chi connectivity index (χ3n) is 3.69. The van der Waals surface area contributed by atoms with Gasteiger partial charge in [-0.2, -0.15) is 4.57 Å². The first-order chi connectivity index (χ1) is 13.0. The van der Waals surface area contributed by atoms with E-state index in [1.165, 1.54) is 7.11 Å². The number of fused-ring (bicyclic) bond motifs is 1. The lowest BCUT2D eigenvalue weighted by Gasteiger charge is -2.02. The molecule has 0 saturated heterocycles. The quantitative estimate of drug-likeness (QED) is 0.458. The Kier molecular flexibility index (Phi) is 5.46.